The molecule has 28 heavy (non-hydrogen) atoms. The number of amides is 2. The molecule has 0 saturated carbocycles. The fourth-order valence-electron chi connectivity index (χ4n) is 2.81. The maximum absolute atomic E-state index is 12.7. The molecule has 0 radical (unpaired) electrons. The monoisotopic (exact) mass is 430 g/mol. The van der Waals surface area contributed by atoms with E-state index >= 15 is 0 Å². The molecule has 0 bridgehead atoms. The number of imide groups is 1. The van der Waals surface area contributed by atoms with Gasteiger partial charge in [0.1, 0.15) is 5.25 Å². The molecule has 1 atom stereocenters. The molecule has 2 amide bonds. The van der Waals surface area contributed by atoms with Crippen LogP contribution < -0.4 is 10.2 Å². The number of benzene rings is 2. The van der Waals surface area contributed by atoms with E-state index in [1.165, 1.54) is 28.0 Å². The van der Waals surface area contributed by atoms with Crippen LogP contribution in [-0.4, -0.2) is 27.3 Å². The van der Waals surface area contributed by atoms with E-state index in [0.717, 1.165) is 5.56 Å². The smallest absolute Gasteiger partial charge is 0.247 e. The molecule has 2 heterocycles. The lowest BCUT2D eigenvalue weighted by Crippen LogP contribution is -2.31. The highest BCUT2D eigenvalue weighted by atomic mass is 35.5. The minimum atomic E-state index is -0.513. The average Bonchev–Trinajstić information content (AvgIpc) is 3.25. The van der Waals surface area contributed by atoms with Crippen LogP contribution in [0.3, 0.4) is 0 Å². The van der Waals surface area contributed by atoms with Gasteiger partial charge in [0.2, 0.25) is 16.9 Å². The number of carbonyl (C=O) groups excluding carboxylic acids is 2. The summed E-state index contributed by atoms with van der Waals surface area (Å²) in [7, 11) is 0. The van der Waals surface area contributed by atoms with Gasteiger partial charge in [-0.1, -0.05) is 71.1 Å². The SMILES string of the molecule is O=C1C[C@@H](Sc2nnc(NCc3ccccc3)s2)C(=O)N1c1cccc(Cl)c1. The molecular weight excluding hydrogens is 416 g/mol. The summed E-state index contributed by atoms with van der Waals surface area (Å²) in [6.45, 7) is 0.642. The van der Waals surface area contributed by atoms with Crippen molar-refractivity contribution >= 4 is 57.3 Å². The number of aromatic nitrogens is 2. The highest BCUT2D eigenvalue weighted by Gasteiger charge is 2.40. The molecule has 0 aliphatic carbocycles. The Morgan fingerprint density at radius 1 is 1.14 bits per heavy atom. The third kappa shape index (κ3) is 4.19. The number of nitrogens with one attached hydrogen (secondary N) is 1. The molecule has 9 heteroatoms. The van der Waals surface area contributed by atoms with Crippen LogP contribution in [0.4, 0.5) is 10.8 Å². The van der Waals surface area contributed by atoms with Gasteiger partial charge in [-0.15, -0.1) is 10.2 Å². The van der Waals surface area contributed by atoms with Gasteiger partial charge in [0.25, 0.3) is 0 Å². The van der Waals surface area contributed by atoms with E-state index in [1.54, 1.807) is 24.3 Å². The Hall–Kier alpha value is -2.42. The molecule has 1 saturated heterocycles. The summed E-state index contributed by atoms with van der Waals surface area (Å²) in [6.07, 6.45) is 0.127. The Morgan fingerprint density at radius 2 is 1.96 bits per heavy atom. The Kier molecular flexibility index (Phi) is 5.61. The van der Waals surface area contributed by atoms with Gasteiger partial charge >= 0.3 is 0 Å². The van der Waals surface area contributed by atoms with Gasteiger partial charge in [0.05, 0.1) is 5.69 Å². The molecule has 3 aromatic rings. The quantitative estimate of drug-likeness (QED) is 0.590. The van der Waals surface area contributed by atoms with E-state index in [-0.39, 0.29) is 18.2 Å². The molecule has 1 fully saturated rings. The zero-order valence-electron chi connectivity index (χ0n) is 14.5. The van der Waals surface area contributed by atoms with Crippen LogP contribution >= 0.6 is 34.7 Å². The highest BCUT2D eigenvalue weighted by molar-refractivity contribution is 8.02. The molecule has 1 aliphatic heterocycles. The summed E-state index contributed by atoms with van der Waals surface area (Å²) >= 11 is 8.62. The normalized spacial score (nSPS) is 16.6. The van der Waals surface area contributed by atoms with Gasteiger partial charge in [0, 0.05) is 18.0 Å². The van der Waals surface area contributed by atoms with Crippen LogP contribution in [0.15, 0.2) is 58.9 Å². The molecule has 2 aromatic carbocycles. The Balaban J connectivity index is 1.40. The number of hydrogen-bond acceptors (Lipinski definition) is 7. The Morgan fingerprint density at radius 3 is 2.75 bits per heavy atom. The van der Waals surface area contributed by atoms with Crippen LogP contribution in [0.2, 0.25) is 5.02 Å². The number of hydrogen-bond donors (Lipinski definition) is 1. The number of anilines is 2. The van der Waals surface area contributed by atoms with Gasteiger partial charge in [-0.3, -0.25) is 9.59 Å². The first-order valence-corrected chi connectivity index (χ1v) is 10.6. The zero-order valence-corrected chi connectivity index (χ0v) is 16.9. The topological polar surface area (TPSA) is 75.2 Å². The maximum Gasteiger partial charge on any atom is 0.247 e. The summed E-state index contributed by atoms with van der Waals surface area (Å²) in [4.78, 5) is 26.3. The minimum Gasteiger partial charge on any atom is -0.356 e. The number of halogens is 1. The summed E-state index contributed by atoms with van der Waals surface area (Å²) in [6, 6.07) is 16.7. The molecule has 142 valence electrons. The van der Waals surface area contributed by atoms with E-state index in [0.29, 0.717) is 26.7 Å². The van der Waals surface area contributed by atoms with Crippen molar-refractivity contribution in [3.8, 4) is 0 Å². The molecule has 1 N–H and O–H groups in total. The lowest BCUT2D eigenvalue weighted by molar-refractivity contribution is -0.121. The Labute approximate surface area is 174 Å². The predicted octanol–water partition coefficient (Wildman–Crippen LogP) is 4.23. The van der Waals surface area contributed by atoms with Crippen LogP contribution in [-0.2, 0) is 16.1 Å². The first-order valence-electron chi connectivity index (χ1n) is 8.50. The molecule has 0 unspecified atom stereocenters. The fourth-order valence-corrected chi connectivity index (χ4v) is 5.01. The van der Waals surface area contributed by atoms with E-state index in [9.17, 15) is 9.59 Å². The van der Waals surface area contributed by atoms with Crippen molar-refractivity contribution in [3.63, 3.8) is 0 Å². The summed E-state index contributed by atoms with van der Waals surface area (Å²) in [5.74, 6) is -0.497. The summed E-state index contributed by atoms with van der Waals surface area (Å²) < 4.78 is 0.648. The third-order valence-electron chi connectivity index (χ3n) is 4.11. The lowest BCUT2D eigenvalue weighted by Gasteiger charge is -2.14. The standard InChI is InChI=1S/C19H15ClN4O2S2/c20-13-7-4-8-14(9-13)24-16(25)10-15(17(24)26)27-19-23-22-18(28-19)21-11-12-5-2-1-3-6-12/h1-9,15H,10-11H2,(H,21,22)/t15-/m1/s1. The van der Waals surface area contributed by atoms with Crippen molar-refractivity contribution in [2.24, 2.45) is 0 Å². The third-order valence-corrected chi connectivity index (χ3v) is 6.49. The fraction of sp³-hybridized carbons (Fsp3) is 0.158. The summed E-state index contributed by atoms with van der Waals surface area (Å²) in [5.41, 5.74) is 1.63. The van der Waals surface area contributed by atoms with Crippen molar-refractivity contribution in [3.05, 3.63) is 65.2 Å². The van der Waals surface area contributed by atoms with Crippen molar-refractivity contribution in [2.75, 3.05) is 10.2 Å². The van der Waals surface area contributed by atoms with E-state index in [1.807, 2.05) is 30.3 Å². The van der Waals surface area contributed by atoms with Gasteiger partial charge in [-0.25, -0.2) is 4.90 Å². The number of nitrogens with zero attached hydrogens (tertiary/aromatic N) is 3. The van der Waals surface area contributed by atoms with Gasteiger partial charge in [-0.05, 0) is 23.8 Å². The highest BCUT2D eigenvalue weighted by Crippen LogP contribution is 2.36. The molecule has 6 nitrogen and oxygen atoms in total. The van der Waals surface area contributed by atoms with Crippen LogP contribution in [0.1, 0.15) is 12.0 Å². The number of rotatable bonds is 6. The second kappa shape index (κ2) is 8.30. The largest absolute Gasteiger partial charge is 0.356 e. The van der Waals surface area contributed by atoms with Crippen LogP contribution in [0.25, 0.3) is 0 Å². The number of thioether (sulfide) groups is 1. The summed E-state index contributed by atoms with van der Waals surface area (Å²) in [5, 5.41) is 12.1. The number of carbonyl (C=O) groups is 2. The lowest BCUT2D eigenvalue weighted by atomic mass is 10.2. The van der Waals surface area contributed by atoms with Gasteiger partial charge in [-0.2, -0.15) is 0 Å². The van der Waals surface area contributed by atoms with Crippen molar-refractivity contribution in [1.29, 1.82) is 0 Å². The second-order valence-electron chi connectivity index (χ2n) is 6.07. The van der Waals surface area contributed by atoms with E-state index in [4.69, 9.17) is 11.6 Å². The first kappa shape index (κ1) is 18.9. The maximum atomic E-state index is 12.7. The molecular formula is C19H15ClN4O2S2. The van der Waals surface area contributed by atoms with Gasteiger partial charge in [0.15, 0.2) is 4.34 Å². The van der Waals surface area contributed by atoms with Crippen LogP contribution in [0, 0.1) is 0 Å². The Bertz CT molecular complexity index is 1010. The first-order chi connectivity index (χ1) is 13.6. The molecule has 0 spiro atoms. The zero-order chi connectivity index (χ0) is 19.5. The van der Waals surface area contributed by atoms with Gasteiger partial charge < -0.3 is 5.32 Å². The molecule has 1 aromatic heterocycles. The average molecular weight is 431 g/mol. The molecule has 1 aliphatic rings. The van der Waals surface area contributed by atoms with Crippen molar-refractivity contribution in [2.45, 2.75) is 22.6 Å². The second-order valence-corrected chi connectivity index (χ2v) is 8.93. The molecule has 4 rings (SSSR count). The predicted molar refractivity (Wildman–Crippen MR) is 112 cm³/mol. The van der Waals surface area contributed by atoms with E-state index in [2.05, 4.69) is 15.5 Å². The minimum absolute atomic E-state index is 0.127. The van der Waals surface area contributed by atoms with Crippen LogP contribution in [0.5, 0.6) is 0 Å². The van der Waals surface area contributed by atoms with Crippen molar-refractivity contribution < 1.29 is 9.59 Å². The van der Waals surface area contributed by atoms with E-state index < -0.39 is 5.25 Å². The van der Waals surface area contributed by atoms with Crippen molar-refractivity contribution in [1.82, 2.24) is 10.2 Å².